The summed E-state index contributed by atoms with van der Waals surface area (Å²) in [6, 6.07) is 0. The molecular formula is C16H22F2. The molecule has 2 aliphatic carbocycles. The van der Waals surface area contributed by atoms with E-state index in [2.05, 4.69) is 12.5 Å². The summed E-state index contributed by atoms with van der Waals surface area (Å²) in [5, 5.41) is 0. The summed E-state index contributed by atoms with van der Waals surface area (Å²) in [6.07, 6.45) is 10.2. The minimum Gasteiger partial charge on any atom is -0.246 e. The van der Waals surface area contributed by atoms with E-state index < -0.39 is 18.3 Å². The number of terminal acetylenes is 1. The first-order valence-electron chi connectivity index (χ1n) is 7.02. The molecule has 0 saturated heterocycles. The van der Waals surface area contributed by atoms with Gasteiger partial charge in [-0.15, -0.1) is 13.0 Å². The first kappa shape index (κ1) is 13.6. The molecule has 2 fully saturated rings. The largest absolute Gasteiger partial charge is 0.246 e. The second-order valence-corrected chi connectivity index (χ2v) is 5.87. The third-order valence-corrected chi connectivity index (χ3v) is 4.84. The summed E-state index contributed by atoms with van der Waals surface area (Å²) in [6.45, 7) is 3.82. The summed E-state index contributed by atoms with van der Waals surface area (Å²) in [5.41, 5.74) is 0. The molecule has 2 aliphatic rings. The lowest BCUT2D eigenvalue weighted by Gasteiger charge is -2.39. The molecule has 0 aromatic rings. The van der Waals surface area contributed by atoms with E-state index in [0.29, 0.717) is 24.7 Å². The van der Waals surface area contributed by atoms with E-state index in [1.165, 1.54) is 0 Å². The normalized spacial score (nSPS) is 45.2. The fourth-order valence-electron chi connectivity index (χ4n) is 3.64. The lowest BCUT2D eigenvalue weighted by Crippen LogP contribution is -2.38. The van der Waals surface area contributed by atoms with E-state index in [0.717, 1.165) is 25.7 Å². The Bertz CT molecular complexity index is 310. The molecule has 0 nitrogen and oxygen atoms in total. The monoisotopic (exact) mass is 252 g/mol. The highest BCUT2D eigenvalue weighted by atomic mass is 19.1. The van der Waals surface area contributed by atoms with Crippen LogP contribution in [0.1, 0.15) is 38.5 Å². The minimum atomic E-state index is -1.15. The molecule has 0 bridgehead atoms. The zero-order valence-electron chi connectivity index (χ0n) is 10.8. The van der Waals surface area contributed by atoms with Crippen LogP contribution in [0.15, 0.2) is 12.7 Å². The van der Waals surface area contributed by atoms with Gasteiger partial charge in [0.25, 0.3) is 0 Å². The molecule has 2 atom stereocenters. The number of hydrogen-bond acceptors (Lipinski definition) is 0. The Labute approximate surface area is 109 Å². The molecule has 0 amide bonds. The Morgan fingerprint density at radius 1 is 1.00 bits per heavy atom. The summed E-state index contributed by atoms with van der Waals surface area (Å²) >= 11 is 0. The van der Waals surface area contributed by atoms with E-state index in [9.17, 15) is 8.78 Å². The molecule has 0 aromatic heterocycles. The summed E-state index contributed by atoms with van der Waals surface area (Å²) in [7, 11) is 0. The maximum Gasteiger partial charge on any atom is 0.117 e. The van der Waals surface area contributed by atoms with Gasteiger partial charge in [-0.2, -0.15) is 0 Å². The molecule has 2 unspecified atom stereocenters. The number of halogens is 2. The highest BCUT2D eigenvalue weighted by Crippen LogP contribution is 2.43. The lowest BCUT2D eigenvalue weighted by atomic mass is 9.68. The zero-order chi connectivity index (χ0) is 13.1. The molecule has 18 heavy (non-hydrogen) atoms. The van der Waals surface area contributed by atoms with Crippen LogP contribution < -0.4 is 0 Å². The number of hydrogen-bond donors (Lipinski definition) is 0. The Morgan fingerprint density at radius 2 is 1.56 bits per heavy atom. The SMILES string of the molecule is C#CC1C(F)CC(C2CCC(C=C)CC2)CC1F. The quantitative estimate of drug-likeness (QED) is 0.507. The van der Waals surface area contributed by atoms with Crippen molar-refractivity contribution in [2.75, 3.05) is 0 Å². The van der Waals surface area contributed by atoms with Gasteiger partial charge in [-0.25, -0.2) is 8.78 Å². The van der Waals surface area contributed by atoms with Gasteiger partial charge in [-0.3, -0.25) is 0 Å². The minimum absolute atomic E-state index is 0.186. The topological polar surface area (TPSA) is 0 Å². The Hall–Kier alpha value is -0.840. The zero-order valence-corrected chi connectivity index (χ0v) is 10.8. The molecule has 100 valence electrons. The maximum absolute atomic E-state index is 13.8. The molecule has 0 aliphatic heterocycles. The Balaban J connectivity index is 1.92. The average Bonchev–Trinajstić information content (AvgIpc) is 2.38. The van der Waals surface area contributed by atoms with Gasteiger partial charge in [0, 0.05) is 0 Å². The molecule has 2 heteroatoms. The van der Waals surface area contributed by atoms with Crippen molar-refractivity contribution in [1.82, 2.24) is 0 Å². The van der Waals surface area contributed by atoms with Crippen LogP contribution in [0.5, 0.6) is 0 Å². The highest BCUT2D eigenvalue weighted by Gasteiger charge is 2.40. The molecule has 0 spiro atoms. The van der Waals surface area contributed by atoms with E-state index in [-0.39, 0.29) is 5.92 Å². The Morgan fingerprint density at radius 3 is 2.00 bits per heavy atom. The maximum atomic E-state index is 13.8. The fraction of sp³-hybridized carbons (Fsp3) is 0.750. The van der Waals surface area contributed by atoms with Gasteiger partial charge in [0.05, 0.1) is 5.92 Å². The van der Waals surface area contributed by atoms with E-state index >= 15 is 0 Å². The standard InChI is InChI=1S/C16H22F2/c1-3-11-5-7-12(8-6-11)13-9-15(17)14(4-2)16(18)10-13/h2-3,11-16H,1,5-10H2. The average molecular weight is 252 g/mol. The third-order valence-electron chi connectivity index (χ3n) is 4.84. The van der Waals surface area contributed by atoms with Crippen LogP contribution >= 0.6 is 0 Å². The van der Waals surface area contributed by atoms with Crippen molar-refractivity contribution in [3.8, 4) is 12.3 Å². The van der Waals surface area contributed by atoms with Gasteiger partial charge < -0.3 is 0 Å². The first-order valence-corrected chi connectivity index (χ1v) is 7.02. The smallest absolute Gasteiger partial charge is 0.117 e. The Kier molecular flexibility index (Phi) is 4.43. The van der Waals surface area contributed by atoms with Crippen LogP contribution in [0.3, 0.4) is 0 Å². The second-order valence-electron chi connectivity index (χ2n) is 5.87. The van der Waals surface area contributed by atoms with Crippen LogP contribution in [0.2, 0.25) is 0 Å². The molecule has 0 N–H and O–H groups in total. The molecule has 0 aromatic carbocycles. The van der Waals surface area contributed by atoms with Crippen molar-refractivity contribution in [2.45, 2.75) is 50.9 Å². The molecular weight excluding hydrogens is 230 g/mol. The lowest BCUT2D eigenvalue weighted by molar-refractivity contribution is 0.0407. The van der Waals surface area contributed by atoms with Gasteiger partial charge in [-0.1, -0.05) is 12.0 Å². The van der Waals surface area contributed by atoms with Gasteiger partial charge >= 0.3 is 0 Å². The fourth-order valence-corrected chi connectivity index (χ4v) is 3.64. The number of rotatable bonds is 2. The van der Waals surface area contributed by atoms with Crippen molar-refractivity contribution in [3.05, 3.63) is 12.7 Å². The molecule has 0 radical (unpaired) electrons. The molecule has 2 saturated carbocycles. The predicted octanol–water partition coefficient (Wildman–Crippen LogP) is 4.31. The molecule has 2 rings (SSSR count). The van der Waals surface area contributed by atoms with Gasteiger partial charge in [0.1, 0.15) is 12.3 Å². The van der Waals surface area contributed by atoms with Crippen molar-refractivity contribution >= 4 is 0 Å². The van der Waals surface area contributed by atoms with Crippen molar-refractivity contribution in [1.29, 1.82) is 0 Å². The summed E-state index contributed by atoms with van der Waals surface area (Å²) in [4.78, 5) is 0. The van der Waals surface area contributed by atoms with Crippen LogP contribution in [0.25, 0.3) is 0 Å². The predicted molar refractivity (Wildman–Crippen MR) is 70.5 cm³/mol. The number of allylic oxidation sites excluding steroid dienone is 1. The van der Waals surface area contributed by atoms with Gasteiger partial charge in [0.2, 0.25) is 0 Å². The van der Waals surface area contributed by atoms with Crippen LogP contribution in [0.4, 0.5) is 8.78 Å². The van der Waals surface area contributed by atoms with E-state index in [1.54, 1.807) is 0 Å². The highest BCUT2D eigenvalue weighted by molar-refractivity contribution is 5.05. The molecule has 0 heterocycles. The summed E-state index contributed by atoms with van der Waals surface area (Å²) < 4.78 is 27.7. The summed E-state index contributed by atoms with van der Waals surface area (Å²) in [5.74, 6) is 2.74. The van der Waals surface area contributed by atoms with Gasteiger partial charge in [0.15, 0.2) is 0 Å². The van der Waals surface area contributed by atoms with Crippen LogP contribution in [-0.2, 0) is 0 Å². The third kappa shape index (κ3) is 2.76. The number of alkyl halides is 2. The van der Waals surface area contributed by atoms with Crippen molar-refractivity contribution < 1.29 is 8.78 Å². The van der Waals surface area contributed by atoms with Gasteiger partial charge in [-0.05, 0) is 56.3 Å². The van der Waals surface area contributed by atoms with Crippen molar-refractivity contribution in [3.63, 3.8) is 0 Å². The van der Waals surface area contributed by atoms with E-state index in [4.69, 9.17) is 6.42 Å². The van der Waals surface area contributed by atoms with Crippen LogP contribution in [0, 0.1) is 36.0 Å². The second kappa shape index (κ2) is 5.87. The van der Waals surface area contributed by atoms with Crippen molar-refractivity contribution in [2.24, 2.45) is 23.7 Å². The first-order chi connectivity index (χ1) is 8.65. The van der Waals surface area contributed by atoms with E-state index in [1.807, 2.05) is 6.08 Å². The van der Waals surface area contributed by atoms with Crippen LogP contribution in [-0.4, -0.2) is 12.3 Å².